The molecular weight excluding hydrogens is 461 g/mol. The molecular formula is C16H27ClIN3O2S. The summed E-state index contributed by atoms with van der Waals surface area (Å²) < 4.78 is 11.5. The third kappa shape index (κ3) is 7.43. The van der Waals surface area contributed by atoms with Crippen molar-refractivity contribution in [3.8, 4) is 0 Å². The van der Waals surface area contributed by atoms with Crippen molar-refractivity contribution in [2.75, 3.05) is 53.6 Å². The van der Waals surface area contributed by atoms with Gasteiger partial charge in [-0.1, -0.05) is 11.6 Å². The molecule has 0 saturated carbocycles. The number of methoxy groups -OCH3 is 1. The molecule has 2 rings (SSSR count). The average Bonchev–Trinajstić information content (AvgIpc) is 3.17. The Morgan fingerprint density at radius 1 is 1.46 bits per heavy atom. The standard InChI is InChI=1S/C16H26ClN3O2S.HI/c1-18-16(19-7-5-14-3-4-15(17)23-14)20-8-6-13(11-20)12-22-10-9-21-2;/h3-4,13H,5-12H2,1-2H3,(H,18,19);1H. The van der Waals surface area contributed by atoms with E-state index in [1.54, 1.807) is 18.4 Å². The zero-order chi connectivity index (χ0) is 16.5. The van der Waals surface area contributed by atoms with Crippen LogP contribution in [0.1, 0.15) is 11.3 Å². The fraction of sp³-hybridized carbons (Fsp3) is 0.688. The molecule has 0 radical (unpaired) electrons. The molecule has 0 aliphatic carbocycles. The van der Waals surface area contributed by atoms with Crippen molar-refractivity contribution in [2.24, 2.45) is 10.9 Å². The molecule has 1 aromatic heterocycles. The van der Waals surface area contributed by atoms with Crippen molar-refractivity contribution in [1.82, 2.24) is 10.2 Å². The minimum absolute atomic E-state index is 0. The van der Waals surface area contributed by atoms with Crippen molar-refractivity contribution >= 4 is 52.9 Å². The monoisotopic (exact) mass is 487 g/mol. The van der Waals surface area contributed by atoms with Crippen molar-refractivity contribution in [3.63, 3.8) is 0 Å². The SMILES string of the molecule is CN=C(NCCc1ccc(Cl)s1)N1CCC(COCCOC)C1.I. The average molecular weight is 488 g/mol. The quantitative estimate of drug-likeness (QED) is 0.265. The molecule has 1 aliphatic heterocycles. The zero-order valence-electron chi connectivity index (χ0n) is 14.3. The third-order valence-corrected chi connectivity index (χ3v) is 5.16. The van der Waals surface area contributed by atoms with Gasteiger partial charge in [0.1, 0.15) is 0 Å². The summed E-state index contributed by atoms with van der Waals surface area (Å²) in [5.41, 5.74) is 0. The van der Waals surface area contributed by atoms with E-state index in [1.165, 1.54) is 4.88 Å². The van der Waals surface area contributed by atoms with Gasteiger partial charge >= 0.3 is 0 Å². The van der Waals surface area contributed by atoms with Crippen LogP contribution in [0.3, 0.4) is 0 Å². The number of hydrogen-bond donors (Lipinski definition) is 1. The van der Waals surface area contributed by atoms with Crippen molar-refractivity contribution in [1.29, 1.82) is 0 Å². The lowest BCUT2D eigenvalue weighted by Gasteiger charge is -2.21. The molecule has 0 spiro atoms. The smallest absolute Gasteiger partial charge is 0.193 e. The number of nitrogens with zero attached hydrogens (tertiary/aromatic N) is 2. The molecule has 2 heterocycles. The summed E-state index contributed by atoms with van der Waals surface area (Å²) in [5, 5.41) is 3.44. The van der Waals surface area contributed by atoms with Crippen LogP contribution in [0.4, 0.5) is 0 Å². The molecule has 138 valence electrons. The van der Waals surface area contributed by atoms with Crippen LogP contribution < -0.4 is 5.32 Å². The van der Waals surface area contributed by atoms with E-state index in [1.807, 2.05) is 13.1 Å². The number of likely N-dealkylation sites (tertiary alicyclic amines) is 1. The second-order valence-electron chi connectivity index (χ2n) is 5.60. The normalized spacial score (nSPS) is 17.9. The molecule has 1 aromatic rings. The Balaban J connectivity index is 0.00000288. The van der Waals surface area contributed by atoms with Gasteiger partial charge in [-0.25, -0.2) is 0 Å². The molecule has 1 N–H and O–H groups in total. The maximum absolute atomic E-state index is 5.96. The molecule has 0 amide bonds. The van der Waals surface area contributed by atoms with Crippen LogP contribution in [-0.2, 0) is 15.9 Å². The van der Waals surface area contributed by atoms with E-state index < -0.39 is 0 Å². The lowest BCUT2D eigenvalue weighted by Crippen LogP contribution is -2.41. The molecule has 0 aromatic carbocycles. The van der Waals surface area contributed by atoms with Crippen molar-refractivity contribution in [2.45, 2.75) is 12.8 Å². The zero-order valence-corrected chi connectivity index (χ0v) is 18.2. The van der Waals surface area contributed by atoms with E-state index in [0.29, 0.717) is 19.1 Å². The van der Waals surface area contributed by atoms with Crippen LogP contribution in [0.15, 0.2) is 17.1 Å². The van der Waals surface area contributed by atoms with Gasteiger partial charge in [0.25, 0.3) is 0 Å². The maximum Gasteiger partial charge on any atom is 0.193 e. The lowest BCUT2D eigenvalue weighted by atomic mass is 10.1. The first-order chi connectivity index (χ1) is 11.2. The molecule has 1 fully saturated rings. The van der Waals surface area contributed by atoms with Crippen LogP contribution in [0.2, 0.25) is 4.34 Å². The van der Waals surface area contributed by atoms with E-state index >= 15 is 0 Å². The molecule has 24 heavy (non-hydrogen) atoms. The molecule has 1 aliphatic rings. The first-order valence-electron chi connectivity index (χ1n) is 7.99. The minimum atomic E-state index is 0. The predicted octanol–water partition coefficient (Wildman–Crippen LogP) is 3.12. The Kier molecular flexibility index (Phi) is 11.2. The van der Waals surface area contributed by atoms with Gasteiger partial charge in [-0.15, -0.1) is 35.3 Å². The van der Waals surface area contributed by atoms with Gasteiger partial charge < -0.3 is 19.7 Å². The second kappa shape index (κ2) is 12.3. The van der Waals surface area contributed by atoms with Crippen LogP contribution in [-0.4, -0.2) is 64.5 Å². The number of halogens is 2. The summed E-state index contributed by atoms with van der Waals surface area (Å²) in [4.78, 5) is 8.01. The highest BCUT2D eigenvalue weighted by atomic mass is 127. The molecule has 8 heteroatoms. The van der Waals surface area contributed by atoms with E-state index in [2.05, 4.69) is 21.3 Å². The number of hydrogen-bond acceptors (Lipinski definition) is 4. The Morgan fingerprint density at radius 2 is 2.29 bits per heavy atom. The van der Waals surface area contributed by atoms with Crippen LogP contribution >= 0.6 is 46.9 Å². The van der Waals surface area contributed by atoms with Crippen LogP contribution in [0.5, 0.6) is 0 Å². The van der Waals surface area contributed by atoms with E-state index in [9.17, 15) is 0 Å². The molecule has 1 unspecified atom stereocenters. The second-order valence-corrected chi connectivity index (χ2v) is 7.40. The fourth-order valence-corrected chi connectivity index (χ4v) is 3.76. The van der Waals surface area contributed by atoms with Crippen LogP contribution in [0, 0.1) is 5.92 Å². The van der Waals surface area contributed by atoms with Gasteiger partial charge in [-0.05, 0) is 25.0 Å². The third-order valence-electron chi connectivity index (χ3n) is 3.87. The van der Waals surface area contributed by atoms with Gasteiger partial charge in [-0.3, -0.25) is 4.99 Å². The number of thiophene rings is 1. The number of ether oxygens (including phenoxy) is 2. The summed E-state index contributed by atoms with van der Waals surface area (Å²) in [6.45, 7) is 5.02. The summed E-state index contributed by atoms with van der Waals surface area (Å²) in [6.07, 6.45) is 2.11. The maximum atomic E-state index is 5.96. The van der Waals surface area contributed by atoms with Gasteiger partial charge in [-0.2, -0.15) is 0 Å². The number of rotatable bonds is 8. The van der Waals surface area contributed by atoms with Crippen molar-refractivity contribution in [3.05, 3.63) is 21.3 Å². The summed E-state index contributed by atoms with van der Waals surface area (Å²) in [6, 6.07) is 4.03. The molecule has 0 bridgehead atoms. The molecule has 1 atom stereocenters. The van der Waals surface area contributed by atoms with Crippen LogP contribution in [0.25, 0.3) is 0 Å². The summed E-state index contributed by atoms with van der Waals surface area (Å²) in [5.74, 6) is 1.55. The van der Waals surface area contributed by atoms with Gasteiger partial charge in [0.15, 0.2) is 5.96 Å². The van der Waals surface area contributed by atoms with Gasteiger partial charge in [0.05, 0.1) is 24.2 Å². The Bertz CT molecular complexity index is 501. The van der Waals surface area contributed by atoms with Gasteiger partial charge in [0.2, 0.25) is 0 Å². The number of nitrogens with one attached hydrogen (secondary N) is 1. The van der Waals surface area contributed by atoms with Gasteiger partial charge in [0, 0.05) is 44.6 Å². The van der Waals surface area contributed by atoms with E-state index in [4.69, 9.17) is 21.1 Å². The topological polar surface area (TPSA) is 46.1 Å². The van der Waals surface area contributed by atoms with E-state index in [0.717, 1.165) is 49.4 Å². The fourth-order valence-electron chi connectivity index (χ4n) is 2.67. The highest BCUT2D eigenvalue weighted by Crippen LogP contribution is 2.21. The van der Waals surface area contributed by atoms with E-state index in [-0.39, 0.29) is 24.0 Å². The largest absolute Gasteiger partial charge is 0.382 e. The Hall–Kier alpha value is -0.0900. The molecule has 1 saturated heterocycles. The summed E-state index contributed by atoms with van der Waals surface area (Å²) in [7, 11) is 3.53. The Labute approximate surface area is 170 Å². The number of guanidine groups is 1. The minimum Gasteiger partial charge on any atom is -0.382 e. The lowest BCUT2D eigenvalue weighted by molar-refractivity contribution is 0.0536. The number of aliphatic imine (C=N–C) groups is 1. The highest BCUT2D eigenvalue weighted by Gasteiger charge is 2.24. The highest BCUT2D eigenvalue weighted by molar-refractivity contribution is 14.0. The van der Waals surface area contributed by atoms with Crippen molar-refractivity contribution < 1.29 is 9.47 Å². The Morgan fingerprint density at radius 3 is 2.96 bits per heavy atom. The summed E-state index contributed by atoms with van der Waals surface area (Å²) >= 11 is 7.59. The predicted molar refractivity (Wildman–Crippen MR) is 112 cm³/mol. The first-order valence-corrected chi connectivity index (χ1v) is 9.19. The molecule has 5 nitrogen and oxygen atoms in total. The first kappa shape index (κ1) is 22.0.